The Labute approximate surface area is 506 Å². The second-order valence-electron chi connectivity index (χ2n) is 22.8. The molecule has 18 nitrogen and oxygen atoms in total. The van der Waals surface area contributed by atoms with Crippen LogP contribution in [0.2, 0.25) is 0 Å². The zero-order chi connectivity index (χ0) is 60.4. The molecule has 7 rings (SSSR count). The summed E-state index contributed by atoms with van der Waals surface area (Å²) in [5.41, 5.74) is -1.90. The quantitative estimate of drug-likeness (QED) is 0.0767. The number of carbonyl (C=O) groups is 7. The Bertz CT molecular complexity index is 1840. The van der Waals surface area contributed by atoms with Gasteiger partial charge in [0, 0.05) is 55.6 Å². The zero-order valence-electron chi connectivity index (χ0n) is 50.7. The number of alkyl halides is 3. The van der Waals surface area contributed by atoms with E-state index in [0.717, 1.165) is 50.9 Å². The van der Waals surface area contributed by atoms with E-state index in [-0.39, 0.29) is 79.9 Å². The monoisotopic (exact) mass is 1310 g/mol. The van der Waals surface area contributed by atoms with Crippen LogP contribution in [0.25, 0.3) is 0 Å². The predicted octanol–water partition coefficient (Wildman–Crippen LogP) is 12.9. The van der Waals surface area contributed by atoms with Gasteiger partial charge in [0.25, 0.3) is 0 Å². The van der Waals surface area contributed by atoms with Gasteiger partial charge in [-0.15, -0.1) is 23.2 Å². The molecule has 4 saturated heterocycles. The minimum Gasteiger partial charge on any atom is -0.480 e. The van der Waals surface area contributed by atoms with Crippen molar-refractivity contribution in [3.05, 3.63) is 26.1 Å². The number of nitrogens with one attached hydrogen (secondary N) is 1. The number of likely N-dealkylation sites (tertiary alicyclic amines) is 3. The van der Waals surface area contributed by atoms with Crippen molar-refractivity contribution in [2.45, 2.75) is 259 Å². The molecule has 0 aromatic rings. The van der Waals surface area contributed by atoms with Gasteiger partial charge in [-0.25, -0.2) is 28.9 Å². The smallest absolute Gasteiger partial charge is 0.480 e. The van der Waals surface area contributed by atoms with Gasteiger partial charge in [-0.1, -0.05) is 49.4 Å². The summed E-state index contributed by atoms with van der Waals surface area (Å²) in [6, 6.07) is 0.641. The third-order valence-electron chi connectivity index (χ3n) is 12.1. The van der Waals surface area contributed by atoms with Crippen molar-refractivity contribution in [1.82, 2.24) is 24.9 Å². The second-order valence-corrected chi connectivity index (χ2v) is 24.7. The van der Waals surface area contributed by atoms with Crippen LogP contribution in [0, 0.1) is 25.7 Å². The van der Waals surface area contributed by atoms with Crippen LogP contribution in [0.3, 0.4) is 0 Å². The molecular formula is C56H100Cl2IN5O13Zn. The Balaban J connectivity index is -0.000000874. The summed E-state index contributed by atoms with van der Waals surface area (Å²) in [7, 11) is 0. The van der Waals surface area contributed by atoms with Crippen LogP contribution in [0.4, 0.5) is 19.2 Å². The molecule has 6 amide bonds. The number of hydrogen-bond acceptors (Lipinski definition) is 12. The Morgan fingerprint density at radius 2 is 1.06 bits per heavy atom. The molecule has 78 heavy (non-hydrogen) atoms. The first-order valence-electron chi connectivity index (χ1n) is 27.0. The average molecular weight is 1310 g/mol. The maximum atomic E-state index is 12.0. The Hall–Kier alpha value is -2.68. The molecule has 5 aliphatic heterocycles. The molecule has 0 bridgehead atoms. The first-order chi connectivity index (χ1) is 35.7. The Morgan fingerprint density at radius 3 is 1.45 bits per heavy atom. The van der Waals surface area contributed by atoms with Gasteiger partial charge < -0.3 is 53.2 Å². The van der Waals surface area contributed by atoms with Crippen LogP contribution in [-0.4, -0.2) is 154 Å². The molecule has 2 saturated carbocycles. The summed E-state index contributed by atoms with van der Waals surface area (Å²) in [4.78, 5) is 86.5. The van der Waals surface area contributed by atoms with Gasteiger partial charge in [0.2, 0.25) is 11.8 Å². The SMILES string of the molecule is CC(C)(C)OC(=O)N1[C@@H]2C[C@@H]2C[C@H]1C(=O)O.CC[C@@H]1CC=CN1C(=O)OC(C)(C)C.CC[C@@H]1CCC(=O)N1C(=O)OC(C)(C)C.CC[C@@H]1C[C@H]2C[C@H]2N1C(=O)OC(C)(C)C.CCl.ClCI.O=C1CC[C@@H](CO)N1.[CH2-]C.[CH2-]C.[Zn+2]. The number of aliphatic hydroxyl groups excluding tert-OH is 1. The van der Waals surface area contributed by atoms with E-state index in [2.05, 4.69) is 67.2 Å². The van der Waals surface area contributed by atoms with Crippen LogP contribution >= 0.6 is 45.8 Å². The van der Waals surface area contributed by atoms with Crippen molar-refractivity contribution in [1.29, 1.82) is 0 Å². The van der Waals surface area contributed by atoms with E-state index in [1.165, 1.54) is 29.0 Å². The molecule has 9 atom stereocenters. The molecule has 6 fully saturated rings. The van der Waals surface area contributed by atoms with Gasteiger partial charge in [-0.3, -0.25) is 19.4 Å². The fourth-order valence-corrected chi connectivity index (χ4v) is 8.74. The van der Waals surface area contributed by atoms with Crippen molar-refractivity contribution in [3.63, 3.8) is 0 Å². The number of imide groups is 1. The van der Waals surface area contributed by atoms with E-state index in [0.29, 0.717) is 41.2 Å². The fourth-order valence-electron chi connectivity index (χ4n) is 8.74. The van der Waals surface area contributed by atoms with Crippen molar-refractivity contribution < 1.29 is 82.2 Å². The number of nitrogens with zero attached hydrogens (tertiary/aromatic N) is 4. The van der Waals surface area contributed by atoms with E-state index < -0.39 is 41.0 Å². The Morgan fingerprint density at radius 1 is 0.654 bits per heavy atom. The maximum Gasteiger partial charge on any atom is 2.00 e. The normalized spacial score (nSPS) is 24.5. The minimum atomic E-state index is -0.932. The van der Waals surface area contributed by atoms with Gasteiger partial charge in [0.15, 0.2) is 0 Å². The maximum absolute atomic E-state index is 12.0. The number of aliphatic hydroxyl groups is 1. The molecule has 450 valence electrons. The van der Waals surface area contributed by atoms with Gasteiger partial charge in [0.1, 0.15) is 28.4 Å². The van der Waals surface area contributed by atoms with Crippen molar-refractivity contribution in [3.8, 4) is 0 Å². The van der Waals surface area contributed by atoms with Crippen molar-refractivity contribution in [2.75, 3.05) is 16.9 Å². The number of carbonyl (C=O) groups excluding carboxylic acids is 6. The average Bonchev–Trinajstić information content (AvgIpc) is 3.81. The number of piperidine rings is 2. The van der Waals surface area contributed by atoms with E-state index >= 15 is 0 Å². The number of carboxylic acid groups (broad SMARTS) is 1. The zero-order valence-corrected chi connectivity index (χ0v) is 57.3. The standard InChI is InChI=1S/C12H21NO2.C11H17NO4.C11H19NO3.C11H19NO2.C5H9NO2.2C2H5.CH2ClI.CH3Cl.Zn/c1-5-9-6-8-7-10(8)13(9)11(14)15-12(2,3)4;1-11(2,3)16-10(15)12-7-4-6(7)5-8(12)9(13)14;1-5-8-6-7-9(13)12(8)10(14)15-11(2,3)4;1-5-9-7-6-8-12(9)10(13)14-11(2,3)4;7-3-4-1-2-5(8)6-4;2*1-2;2-1-3;1-2;/h8-10H,5-7H2,1-4H3;6-8H,4-5H2,1-3H3,(H,13,14);8H,5-7H2,1-4H3;6,8-9H,5,7H2,1-4H3;4,7H,1-3H2,(H,6,8);2*1H2,2H3;1H2;1H3;/q;;;;;2*-1;;;+2/t8-,9+,10+;6-,7-,8+;8-;9-;4-;;;;;/m01110...../s1. The van der Waals surface area contributed by atoms with Crippen LogP contribution in [0.1, 0.15) is 195 Å². The number of rotatable bonds is 5. The topological polar surface area (TPSA) is 222 Å². The van der Waals surface area contributed by atoms with E-state index in [1.54, 1.807) is 60.3 Å². The van der Waals surface area contributed by atoms with E-state index in [1.807, 2.05) is 65.6 Å². The molecular weight excluding hydrogens is 1210 g/mol. The first kappa shape index (κ1) is 79.5. The predicted molar refractivity (Wildman–Crippen MR) is 314 cm³/mol. The summed E-state index contributed by atoms with van der Waals surface area (Å²) in [6.07, 6.45) is 14.1. The molecule has 2 aliphatic carbocycles. The number of carboxylic acids is 1. The van der Waals surface area contributed by atoms with Gasteiger partial charge >= 0.3 is 49.8 Å². The molecule has 0 radical (unpaired) electrons. The molecule has 7 aliphatic rings. The minimum absolute atomic E-state index is 0. The molecule has 22 heteroatoms. The third-order valence-corrected chi connectivity index (χ3v) is 12.1. The summed E-state index contributed by atoms with van der Waals surface area (Å²) in [5.74, 6) is 0.147. The number of aliphatic carboxylic acids is 1. The van der Waals surface area contributed by atoms with Crippen LogP contribution in [0.15, 0.2) is 12.3 Å². The van der Waals surface area contributed by atoms with Crippen molar-refractivity contribution in [2.24, 2.45) is 11.8 Å². The molecule has 0 aromatic heterocycles. The molecule has 0 aromatic carbocycles. The number of halogens is 3. The summed E-state index contributed by atoms with van der Waals surface area (Å²) < 4.78 is 21.8. The van der Waals surface area contributed by atoms with Gasteiger partial charge in [-0.2, -0.15) is 13.8 Å². The van der Waals surface area contributed by atoms with Crippen LogP contribution < -0.4 is 5.32 Å². The van der Waals surface area contributed by atoms with E-state index in [4.69, 9.17) is 40.8 Å². The first-order valence-corrected chi connectivity index (χ1v) is 29.9. The van der Waals surface area contributed by atoms with Gasteiger partial charge in [-0.05, 0) is 159 Å². The molecule has 3 N–H and O–H groups in total. The number of hydrogen-bond donors (Lipinski definition) is 3. The summed E-state index contributed by atoms with van der Waals surface area (Å²) in [6.45, 7) is 38.4. The van der Waals surface area contributed by atoms with Gasteiger partial charge in [0.05, 0.1) is 16.5 Å². The van der Waals surface area contributed by atoms with Crippen LogP contribution in [-0.2, 0) is 52.8 Å². The number of fused-ring (bicyclic) bond motifs is 2. The summed E-state index contributed by atoms with van der Waals surface area (Å²) >= 11 is 11.7. The second kappa shape index (κ2) is 38.2. The third kappa shape index (κ3) is 29.9. The molecule has 0 unspecified atom stereocenters. The number of ether oxygens (including phenoxy) is 4. The van der Waals surface area contributed by atoms with Crippen molar-refractivity contribution >= 4 is 87.9 Å². The number of amides is 6. The Kier molecular flexibility index (Phi) is 38.9. The fraction of sp³-hybridized carbons (Fsp3) is 0.804. The van der Waals surface area contributed by atoms with Crippen LogP contribution in [0.5, 0.6) is 0 Å². The molecule has 0 spiro atoms. The summed E-state index contributed by atoms with van der Waals surface area (Å²) in [5, 5.41) is 20.1. The largest absolute Gasteiger partial charge is 2.00 e. The van der Waals surface area contributed by atoms with E-state index in [9.17, 15) is 33.6 Å². The molecule has 5 heterocycles.